The Morgan fingerprint density at radius 2 is 1.87 bits per heavy atom. The number of pyridine rings is 1. The fraction of sp³-hybridized carbons (Fsp3) is 0.455. The fourth-order valence-electron chi connectivity index (χ4n) is 1.23. The van der Waals surface area contributed by atoms with Gasteiger partial charge in [0.15, 0.2) is 12.4 Å². The van der Waals surface area contributed by atoms with Crippen LogP contribution in [0.15, 0.2) is 24.5 Å². The van der Waals surface area contributed by atoms with Gasteiger partial charge >= 0.3 is 5.91 Å². The van der Waals surface area contributed by atoms with Gasteiger partial charge in [-0.05, 0) is 6.42 Å². The summed E-state index contributed by atoms with van der Waals surface area (Å²) >= 11 is 0. The summed E-state index contributed by atoms with van der Waals surface area (Å²) in [6, 6.07) is 3.88. The predicted octanol–water partition coefficient (Wildman–Crippen LogP) is -1.52. The number of carbonyl (C=O) groups is 1. The summed E-state index contributed by atoms with van der Waals surface area (Å²) in [4.78, 5) is 13.5. The molecule has 1 rings (SSSR count). The van der Waals surface area contributed by atoms with Gasteiger partial charge in [0.05, 0.1) is 6.42 Å². The molecule has 1 heterocycles. The van der Waals surface area contributed by atoms with E-state index in [2.05, 4.69) is 0 Å². The monoisotopic (exact) mass is 228 g/mol. The predicted molar refractivity (Wildman–Crippen MR) is 56.5 cm³/mol. The van der Waals surface area contributed by atoms with E-state index in [1.807, 2.05) is 50.4 Å². The molecule has 3 nitrogen and oxygen atoms in total. The highest BCUT2D eigenvalue weighted by Crippen LogP contribution is 2.05. The summed E-state index contributed by atoms with van der Waals surface area (Å²) in [6.45, 7) is 2.01. The Labute approximate surface area is 97.1 Å². The van der Waals surface area contributed by atoms with E-state index >= 15 is 0 Å². The van der Waals surface area contributed by atoms with Crippen LogP contribution in [0, 0.1) is 0 Å². The van der Waals surface area contributed by atoms with Crippen molar-refractivity contribution in [3.63, 3.8) is 0 Å². The quantitative estimate of drug-likeness (QED) is 0.588. The largest absolute Gasteiger partial charge is 1.00 e. The van der Waals surface area contributed by atoms with Gasteiger partial charge < -0.3 is 17.3 Å². The maximum absolute atomic E-state index is 11.5. The van der Waals surface area contributed by atoms with Crippen molar-refractivity contribution >= 4 is 11.6 Å². The Bertz CT molecular complexity index is 309. The molecule has 0 radical (unpaired) electrons. The van der Waals surface area contributed by atoms with Crippen molar-refractivity contribution < 1.29 is 21.8 Å². The molecule has 0 fully saturated rings. The molecule has 0 saturated heterocycles. The van der Waals surface area contributed by atoms with E-state index in [1.165, 1.54) is 0 Å². The smallest absolute Gasteiger partial charge is 0.392 e. The highest BCUT2D eigenvalue weighted by Gasteiger charge is 2.11. The Hall–Kier alpha value is -1.09. The molecule has 0 amide bonds. The molecule has 0 atom stereocenters. The molecule has 4 heteroatoms. The molecule has 0 N–H and O–H groups in total. The number of hydrogen-bond donors (Lipinski definition) is 0. The fourth-order valence-corrected chi connectivity index (χ4v) is 1.23. The van der Waals surface area contributed by atoms with Gasteiger partial charge in [0, 0.05) is 31.9 Å². The summed E-state index contributed by atoms with van der Waals surface area (Å²) in [5.41, 5.74) is 1.10. The van der Waals surface area contributed by atoms with Crippen molar-refractivity contribution in [1.29, 1.82) is 0 Å². The van der Waals surface area contributed by atoms with Crippen LogP contribution < -0.4 is 21.9 Å². The van der Waals surface area contributed by atoms with Crippen LogP contribution >= 0.6 is 0 Å². The number of carbonyl (C=O) groups excluding carboxylic acids is 1. The number of nitrogens with zero attached hydrogens (tertiary/aromatic N) is 2. The lowest BCUT2D eigenvalue weighted by atomic mass is 10.3. The zero-order chi connectivity index (χ0) is 10.6. The average Bonchev–Trinajstić information content (AvgIpc) is 2.18. The van der Waals surface area contributed by atoms with Gasteiger partial charge in [0.1, 0.15) is 0 Å². The molecule has 1 aromatic rings. The molecule has 84 valence electrons. The van der Waals surface area contributed by atoms with Gasteiger partial charge in [-0.15, -0.1) is 4.57 Å². The summed E-state index contributed by atoms with van der Waals surface area (Å²) in [5, 5.41) is 0. The minimum atomic E-state index is 0. The Morgan fingerprint density at radius 3 is 2.27 bits per heavy atom. The Morgan fingerprint density at radius 1 is 1.33 bits per heavy atom. The third-order valence-corrected chi connectivity index (χ3v) is 2.08. The van der Waals surface area contributed by atoms with Crippen molar-refractivity contribution in [3.05, 3.63) is 24.5 Å². The molecule has 0 unspecified atom stereocenters. The SMILES string of the molecule is CCCC(=O)[n+]1ccc(N(C)C)cc1.[Cl-]. The first kappa shape index (κ1) is 13.9. The van der Waals surface area contributed by atoms with Gasteiger partial charge in [-0.1, -0.05) is 6.92 Å². The molecule has 0 spiro atoms. The number of halogens is 1. The van der Waals surface area contributed by atoms with E-state index in [0.717, 1.165) is 12.1 Å². The number of hydrogen-bond acceptors (Lipinski definition) is 2. The lowest BCUT2D eigenvalue weighted by Gasteiger charge is -2.09. The molecule has 0 aliphatic heterocycles. The highest BCUT2D eigenvalue weighted by molar-refractivity contribution is 5.66. The van der Waals surface area contributed by atoms with E-state index in [4.69, 9.17) is 0 Å². The first-order valence-electron chi connectivity index (χ1n) is 4.87. The zero-order valence-corrected chi connectivity index (χ0v) is 10.2. The van der Waals surface area contributed by atoms with Crippen molar-refractivity contribution in [2.24, 2.45) is 0 Å². The van der Waals surface area contributed by atoms with Crippen molar-refractivity contribution in [3.8, 4) is 0 Å². The summed E-state index contributed by atoms with van der Waals surface area (Å²) in [7, 11) is 3.96. The van der Waals surface area contributed by atoms with E-state index in [9.17, 15) is 4.79 Å². The average molecular weight is 229 g/mol. The molecule has 0 aliphatic rings. The minimum Gasteiger partial charge on any atom is -1.00 e. The van der Waals surface area contributed by atoms with E-state index in [0.29, 0.717) is 6.42 Å². The van der Waals surface area contributed by atoms with Crippen LogP contribution in [-0.4, -0.2) is 20.0 Å². The van der Waals surface area contributed by atoms with Crippen LogP contribution in [0.2, 0.25) is 0 Å². The maximum Gasteiger partial charge on any atom is 0.392 e. The number of anilines is 1. The van der Waals surface area contributed by atoms with Gasteiger partial charge in [0.25, 0.3) is 0 Å². The second-order valence-electron chi connectivity index (χ2n) is 3.50. The van der Waals surface area contributed by atoms with Gasteiger partial charge in [-0.25, -0.2) is 4.79 Å². The highest BCUT2D eigenvalue weighted by atomic mass is 35.5. The lowest BCUT2D eigenvalue weighted by Crippen LogP contribution is -3.00. The first-order chi connectivity index (χ1) is 6.65. The standard InChI is InChI=1S/C11H17N2O.ClH/c1-4-5-11(14)13-8-6-10(7-9-13)12(2)3;/h6-9H,4-5H2,1-3H3;1H/q+1;/p-1. The topological polar surface area (TPSA) is 24.2 Å². The van der Waals surface area contributed by atoms with Crippen LogP contribution in [0.3, 0.4) is 0 Å². The third-order valence-electron chi connectivity index (χ3n) is 2.08. The molecular formula is C11H17ClN2O. The lowest BCUT2D eigenvalue weighted by molar-refractivity contribution is -0.574. The second-order valence-corrected chi connectivity index (χ2v) is 3.50. The van der Waals surface area contributed by atoms with E-state index in [-0.39, 0.29) is 18.3 Å². The van der Waals surface area contributed by atoms with Crippen molar-refractivity contribution in [2.75, 3.05) is 19.0 Å². The molecular weight excluding hydrogens is 212 g/mol. The number of aromatic nitrogens is 1. The first-order valence-corrected chi connectivity index (χ1v) is 4.87. The van der Waals surface area contributed by atoms with Crippen LogP contribution in [0.1, 0.15) is 24.6 Å². The van der Waals surface area contributed by atoms with Gasteiger partial charge in [-0.2, -0.15) is 0 Å². The van der Waals surface area contributed by atoms with Crippen molar-refractivity contribution in [1.82, 2.24) is 0 Å². The Kier molecular flexibility index (Phi) is 5.94. The summed E-state index contributed by atoms with van der Waals surface area (Å²) in [6.07, 6.45) is 5.12. The normalized spacial score (nSPS) is 9.27. The van der Waals surface area contributed by atoms with Gasteiger partial charge in [0.2, 0.25) is 0 Å². The molecule has 0 bridgehead atoms. The minimum absolute atomic E-state index is 0. The maximum atomic E-state index is 11.5. The Balaban J connectivity index is 0.00000196. The third kappa shape index (κ3) is 3.88. The van der Waals surface area contributed by atoms with Crippen molar-refractivity contribution in [2.45, 2.75) is 19.8 Å². The molecule has 0 saturated carbocycles. The zero-order valence-electron chi connectivity index (χ0n) is 9.40. The number of rotatable bonds is 3. The molecule has 15 heavy (non-hydrogen) atoms. The molecule has 0 aromatic carbocycles. The van der Waals surface area contributed by atoms with Crippen LogP contribution in [0.25, 0.3) is 0 Å². The van der Waals surface area contributed by atoms with E-state index < -0.39 is 0 Å². The van der Waals surface area contributed by atoms with Crippen LogP contribution in [0.5, 0.6) is 0 Å². The summed E-state index contributed by atoms with van der Waals surface area (Å²) < 4.78 is 1.64. The summed E-state index contributed by atoms with van der Waals surface area (Å²) in [5.74, 6) is 0.151. The van der Waals surface area contributed by atoms with Crippen LogP contribution in [0.4, 0.5) is 5.69 Å². The van der Waals surface area contributed by atoms with Gasteiger partial charge in [-0.3, -0.25) is 0 Å². The van der Waals surface area contributed by atoms with E-state index in [1.54, 1.807) is 4.57 Å². The molecule has 1 aromatic heterocycles. The van der Waals surface area contributed by atoms with Crippen LogP contribution in [-0.2, 0) is 0 Å². The second kappa shape index (κ2) is 6.40. The molecule has 0 aliphatic carbocycles.